The molecule has 0 heterocycles. The van der Waals surface area contributed by atoms with Gasteiger partial charge in [-0.1, -0.05) is 37.3 Å². The van der Waals surface area contributed by atoms with Gasteiger partial charge in [0.2, 0.25) is 5.91 Å². The molecule has 2 rings (SSSR count). The smallest absolute Gasteiger partial charge is 0.230 e. The Balaban J connectivity index is 1.81. The molecule has 2 nitrogen and oxygen atoms in total. The fraction of sp³-hybridized carbons (Fsp3) is 0.562. The number of halogens is 1. The van der Waals surface area contributed by atoms with Crippen LogP contribution in [0, 0.1) is 5.92 Å². The van der Waals surface area contributed by atoms with Crippen molar-refractivity contribution in [1.29, 1.82) is 0 Å². The number of alkyl halides is 1. The van der Waals surface area contributed by atoms with E-state index in [0.717, 1.165) is 37.8 Å². The summed E-state index contributed by atoms with van der Waals surface area (Å²) in [5, 5.41) is 3.08. The Labute approximate surface area is 120 Å². The summed E-state index contributed by atoms with van der Waals surface area (Å²) in [4.78, 5) is 12.3. The van der Waals surface area contributed by atoms with Gasteiger partial charge in [-0.05, 0) is 37.2 Å². The molecule has 0 aliphatic heterocycles. The Morgan fingerprint density at radius 2 is 2.05 bits per heavy atom. The van der Waals surface area contributed by atoms with Crippen LogP contribution in [0.3, 0.4) is 0 Å². The second-order valence-electron chi connectivity index (χ2n) is 5.61. The zero-order valence-electron chi connectivity index (χ0n) is 11.5. The molecule has 0 bridgehead atoms. The van der Waals surface area contributed by atoms with Crippen LogP contribution in [-0.4, -0.2) is 18.3 Å². The monoisotopic (exact) mass is 279 g/mol. The lowest BCUT2D eigenvalue weighted by Crippen LogP contribution is -2.35. The van der Waals surface area contributed by atoms with Crippen molar-refractivity contribution in [1.82, 2.24) is 5.32 Å². The second-order valence-corrected chi connectivity index (χ2v) is 5.91. The van der Waals surface area contributed by atoms with E-state index in [4.69, 9.17) is 11.6 Å². The highest BCUT2D eigenvalue weighted by molar-refractivity contribution is 6.18. The van der Waals surface area contributed by atoms with Crippen molar-refractivity contribution in [2.24, 2.45) is 5.92 Å². The number of nitrogens with one attached hydrogen (secondary N) is 1. The average Bonchev–Trinajstić information content (AvgIpc) is 3.25. The highest BCUT2D eigenvalue weighted by atomic mass is 35.5. The van der Waals surface area contributed by atoms with E-state index in [2.05, 4.69) is 24.4 Å². The summed E-state index contributed by atoms with van der Waals surface area (Å²) in [6.07, 6.45) is 4.02. The van der Waals surface area contributed by atoms with Gasteiger partial charge in [-0.2, -0.15) is 0 Å². The molecule has 1 atom stereocenters. The highest BCUT2D eigenvalue weighted by Crippen LogP contribution is 2.48. The van der Waals surface area contributed by atoms with Gasteiger partial charge in [0.05, 0.1) is 5.41 Å². The van der Waals surface area contributed by atoms with Gasteiger partial charge in [0.1, 0.15) is 0 Å². The average molecular weight is 280 g/mol. The Morgan fingerprint density at radius 3 is 2.63 bits per heavy atom. The van der Waals surface area contributed by atoms with E-state index in [1.807, 2.05) is 18.2 Å². The van der Waals surface area contributed by atoms with Crippen LogP contribution < -0.4 is 5.32 Å². The summed E-state index contributed by atoms with van der Waals surface area (Å²) in [6.45, 7) is 2.90. The predicted octanol–water partition coefficient (Wildman–Crippen LogP) is 3.49. The van der Waals surface area contributed by atoms with E-state index >= 15 is 0 Å². The van der Waals surface area contributed by atoms with Gasteiger partial charge in [-0.3, -0.25) is 4.79 Å². The van der Waals surface area contributed by atoms with E-state index in [0.29, 0.717) is 11.8 Å². The lowest BCUT2D eigenvalue weighted by atomic mass is 9.95. The van der Waals surface area contributed by atoms with Crippen molar-refractivity contribution in [2.75, 3.05) is 12.4 Å². The fourth-order valence-electron chi connectivity index (χ4n) is 2.43. The first kappa shape index (κ1) is 14.4. The summed E-state index contributed by atoms with van der Waals surface area (Å²) >= 11 is 5.77. The minimum atomic E-state index is -0.237. The molecule has 0 aromatic heterocycles. The van der Waals surface area contributed by atoms with Crippen LogP contribution >= 0.6 is 11.6 Å². The van der Waals surface area contributed by atoms with Gasteiger partial charge in [0.25, 0.3) is 0 Å². The topological polar surface area (TPSA) is 29.1 Å². The van der Waals surface area contributed by atoms with Crippen molar-refractivity contribution in [3.8, 4) is 0 Å². The van der Waals surface area contributed by atoms with Crippen LogP contribution in [0.25, 0.3) is 0 Å². The number of carbonyl (C=O) groups is 1. The highest BCUT2D eigenvalue weighted by Gasteiger charge is 2.50. The zero-order valence-corrected chi connectivity index (χ0v) is 12.2. The van der Waals surface area contributed by atoms with Crippen LogP contribution in [0.5, 0.6) is 0 Å². The zero-order chi connectivity index (χ0) is 13.7. The lowest BCUT2D eigenvalue weighted by Gasteiger charge is -2.16. The molecule has 1 aromatic rings. The number of hydrogen-bond acceptors (Lipinski definition) is 1. The largest absolute Gasteiger partial charge is 0.355 e. The van der Waals surface area contributed by atoms with Crippen molar-refractivity contribution in [2.45, 2.75) is 38.0 Å². The molecule has 19 heavy (non-hydrogen) atoms. The molecule has 0 saturated heterocycles. The third kappa shape index (κ3) is 3.50. The molecule has 1 unspecified atom stereocenters. The molecule has 1 aromatic carbocycles. The predicted molar refractivity (Wildman–Crippen MR) is 79.5 cm³/mol. The maximum absolute atomic E-state index is 12.3. The number of amides is 1. The number of rotatable bonds is 7. The van der Waals surface area contributed by atoms with Gasteiger partial charge < -0.3 is 5.32 Å². The molecule has 1 saturated carbocycles. The van der Waals surface area contributed by atoms with E-state index in [1.165, 1.54) is 0 Å². The summed E-state index contributed by atoms with van der Waals surface area (Å²) < 4.78 is 0. The molecular weight excluding hydrogens is 258 g/mol. The van der Waals surface area contributed by atoms with E-state index in [-0.39, 0.29) is 11.3 Å². The SMILES string of the molecule is CC(CCl)CCCNC(=O)C1(c2ccccc2)CC1. The maximum Gasteiger partial charge on any atom is 0.230 e. The molecule has 1 aliphatic carbocycles. The molecule has 1 aliphatic rings. The Morgan fingerprint density at radius 1 is 1.37 bits per heavy atom. The third-order valence-corrected chi connectivity index (χ3v) is 4.46. The minimum Gasteiger partial charge on any atom is -0.355 e. The van der Waals surface area contributed by atoms with Crippen molar-refractivity contribution < 1.29 is 4.79 Å². The molecular formula is C16H22ClNO. The van der Waals surface area contributed by atoms with E-state index in [1.54, 1.807) is 0 Å². The number of carbonyl (C=O) groups excluding carboxylic acids is 1. The van der Waals surface area contributed by atoms with Gasteiger partial charge in [-0.15, -0.1) is 11.6 Å². The molecule has 104 valence electrons. The van der Waals surface area contributed by atoms with Crippen molar-refractivity contribution in [3.63, 3.8) is 0 Å². The standard InChI is InChI=1S/C16H22ClNO/c1-13(12-17)6-5-11-18-15(19)16(9-10-16)14-7-3-2-4-8-14/h2-4,7-8,13H,5-6,9-12H2,1H3,(H,18,19). The van der Waals surface area contributed by atoms with Crippen LogP contribution in [-0.2, 0) is 10.2 Å². The van der Waals surface area contributed by atoms with Gasteiger partial charge in [-0.25, -0.2) is 0 Å². The quantitative estimate of drug-likeness (QED) is 0.601. The summed E-state index contributed by atoms with van der Waals surface area (Å²) in [7, 11) is 0. The third-order valence-electron chi connectivity index (χ3n) is 3.93. The molecule has 3 heteroatoms. The van der Waals surface area contributed by atoms with Crippen molar-refractivity contribution in [3.05, 3.63) is 35.9 Å². The van der Waals surface area contributed by atoms with Gasteiger partial charge >= 0.3 is 0 Å². The summed E-state index contributed by atoms with van der Waals surface area (Å²) in [6, 6.07) is 10.1. The number of hydrogen-bond donors (Lipinski definition) is 1. The Bertz CT molecular complexity index is 414. The molecule has 0 radical (unpaired) electrons. The second kappa shape index (κ2) is 6.42. The molecule has 1 N–H and O–H groups in total. The Hall–Kier alpha value is -1.02. The summed E-state index contributed by atoms with van der Waals surface area (Å²) in [5.41, 5.74) is 0.918. The van der Waals surface area contributed by atoms with Crippen LogP contribution in [0.2, 0.25) is 0 Å². The molecule has 1 amide bonds. The first-order valence-corrected chi connectivity index (χ1v) is 7.62. The maximum atomic E-state index is 12.3. The molecule has 1 fully saturated rings. The molecule has 0 spiro atoms. The minimum absolute atomic E-state index is 0.192. The first-order valence-electron chi connectivity index (χ1n) is 7.09. The normalized spacial score (nSPS) is 17.8. The summed E-state index contributed by atoms with van der Waals surface area (Å²) in [5.74, 6) is 1.42. The fourth-order valence-corrected chi connectivity index (χ4v) is 2.58. The van der Waals surface area contributed by atoms with Gasteiger partial charge in [0, 0.05) is 12.4 Å². The van der Waals surface area contributed by atoms with Gasteiger partial charge in [0.15, 0.2) is 0 Å². The first-order chi connectivity index (χ1) is 9.19. The van der Waals surface area contributed by atoms with E-state index in [9.17, 15) is 4.79 Å². The lowest BCUT2D eigenvalue weighted by molar-refractivity contribution is -0.123. The van der Waals surface area contributed by atoms with Crippen LogP contribution in [0.1, 0.15) is 38.2 Å². The Kier molecular flexibility index (Phi) is 4.87. The number of benzene rings is 1. The van der Waals surface area contributed by atoms with Crippen molar-refractivity contribution >= 4 is 17.5 Å². The van der Waals surface area contributed by atoms with Crippen LogP contribution in [0.15, 0.2) is 30.3 Å². The van der Waals surface area contributed by atoms with Crippen LogP contribution in [0.4, 0.5) is 0 Å². The van der Waals surface area contributed by atoms with E-state index < -0.39 is 0 Å².